The summed E-state index contributed by atoms with van der Waals surface area (Å²) in [6, 6.07) is 18.1. The molecule has 122 valence electrons. The van der Waals surface area contributed by atoms with Crippen LogP contribution in [0.2, 0.25) is 0 Å². The van der Waals surface area contributed by atoms with Crippen molar-refractivity contribution in [2.45, 2.75) is 25.2 Å². The highest BCUT2D eigenvalue weighted by atomic mass is 16.5. The maximum Gasteiger partial charge on any atom is 0.120 e. The highest BCUT2D eigenvalue weighted by molar-refractivity contribution is 5.30. The van der Waals surface area contributed by atoms with Gasteiger partial charge in [-0.15, -0.1) is 0 Å². The molecule has 1 aliphatic heterocycles. The molecule has 0 bridgehead atoms. The summed E-state index contributed by atoms with van der Waals surface area (Å²) in [6.07, 6.45) is 0.461. The third-order valence-corrected chi connectivity index (χ3v) is 4.02. The summed E-state index contributed by atoms with van der Waals surface area (Å²) in [6.45, 7) is 2.58. The van der Waals surface area contributed by atoms with Gasteiger partial charge in [-0.1, -0.05) is 42.5 Å². The van der Waals surface area contributed by atoms with E-state index in [-0.39, 0.29) is 0 Å². The quantitative estimate of drug-likeness (QED) is 0.825. The van der Waals surface area contributed by atoms with Crippen LogP contribution in [0.4, 0.5) is 0 Å². The fraction of sp³-hybridized carbons (Fsp3) is 0.368. The number of aliphatic hydroxyl groups is 1. The zero-order valence-electron chi connectivity index (χ0n) is 13.2. The number of ether oxygens (including phenoxy) is 2. The summed E-state index contributed by atoms with van der Waals surface area (Å²) in [4.78, 5) is 0. The van der Waals surface area contributed by atoms with Crippen molar-refractivity contribution in [1.82, 2.24) is 5.32 Å². The van der Waals surface area contributed by atoms with Gasteiger partial charge in [0.2, 0.25) is 0 Å². The van der Waals surface area contributed by atoms with E-state index in [1.165, 1.54) is 0 Å². The first-order valence-electron chi connectivity index (χ1n) is 8.07. The number of nitrogens with one attached hydrogen (secondary N) is 1. The van der Waals surface area contributed by atoms with Crippen LogP contribution in [0.3, 0.4) is 0 Å². The average Bonchev–Trinajstić information content (AvgIpc) is 3.12. The summed E-state index contributed by atoms with van der Waals surface area (Å²) < 4.78 is 11.1. The molecule has 0 radical (unpaired) electrons. The molecule has 1 fully saturated rings. The van der Waals surface area contributed by atoms with Crippen molar-refractivity contribution in [3.8, 4) is 5.75 Å². The molecule has 1 aliphatic rings. The molecule has 0 saturated carbocycles. The molecule has 2 atom stereocenters. The number of aliphatic hydroxyl groups excluding tert-OH is 1. The molecule has 4 heteroatoms. The fourth-order valence-corrected chi connectivity index (χ4v) is 2.64. The van der Waals surface area contributed by atoms with Crippen molar-refractivity contribution >= 4 is 0 Å². The minimum Gasteiger partial charge on any atom is -0.489 e. The molecule has 1 heterocycles. The highest BCUT2D eigenvalue weighted by Crippen LogP contribution is 2.20. The van der Waals surface area contributed by atoms with Crippen LogP contribution in [-0.4, -0.2) is 30.9 Å². The van der Waals surface area contributed by atoms with Gasteiger partial charge < -0.3 is 19.9 Å². The first kappa shape index (κ1) is 16.0. The van der Waals surface area contributed by atoms with Crippen LogP contribution >= 0.6 is 0 Å². The molecule has 3 rings (SSSR count). The van der Waals surface area contributed by atoms with Crippen LogP contribution < -0.4 is 10.1 Å². The van der Waals surface area contributed by atoms with Crippen molar-refractivity contribution in [2.75, 3.05) is 19.8 Å². The van der Waals surface area contributed by atoms with Gasteiger partial charge in [0.05, 0.1) is 12.7 Å². The Morgan fingerprint density at radius 3 is 2.83 bits per heavy atom. The van der Waals surface area contributed by atoms with Crippen LogP contribution in [0.1, 0.15) is 23.7 Å². The van der Waals surface area contributed by atoms with Crippen molar-refractivity contribution in [3.63, 3.8) is 0 Å². The van der Waals surface area contributed by atoms with E-state index in [1.54, 1.807) is 0 Å². The number of rotatable bonds is 7. The normalized spacial score (nSPS) is 18.7. The van der Waals surface area contributed by atoms with Crippen molar-refractivity contribution < 1.29 is 14.6 Å². The van der Waals surface area contributed by atoms with E-state index in [2.05, 4.69) is 5.32 Å². The van der Waals surface area contributed by atoms with E-state index in [0.29, 0.717) is 19.2 Å². The average molecular weight is 313 g/mol. The van der Waals surface area contributed by atoms with Gasteiger partial charge in [-0.3, -0.25) is 0 Å². The molecule has 23 heavy (non-hydrogen) atoms. The molecule has 0 aromatic heterocycles. The van der Waals surface area contributed by atoms with Crippen molar-refractivity contribution in [2.24, 2.45) is 0 Å². The standard InChI is InChI=1S/C19H23NO3/c21-19(12-20-17-9-10-22-14-17)16-7-4-8-18(11-16)23-13-15-5-2-1-3-6-15/h1-8,11,17,19-21H,9-10,12-14H2. The van der Waals surface area contributed by atoms with Gasteiger partial charge in [-0.05, 0) is 29.7 Å². The van der Waals surface area contributed by atoms with Crippen LogP contribution in [0, 0.1) is 0 Å². The molecule has 0 amide bonds. The molecular weight excluding hydrogens is 290 g/mol. The van der Waals surface area contributed by atoms with Gasteiger partial charge >= 0.3 is 0 Å². The molecule has 2 aromatic rings. The monoisotopic (exact) mass is 313 g/mol. The molecule has 0 spiro atoms. The molecule has 4 nitrogen and oxygen atoms in total. The molecule has 2 aromatic carbocycles. The fourth-order valence-electron chi connectivity index (χ4n) is 2.64. The van der Waals surface area contributed by atoms with Gasteiger partial charge in [0.1, 0.15) is 12.4 Å². The number of hydrogen-bond donors (Lipinski definition) is 2. The second kappa shape index (κ2) is 8.11. The second-order valence-electron chi connectivity index (χ2n) is 5.83. The Balaban J connectivity index is 1.53. The Bertz CT molecular complexity index is 597. The summed E-state index contributed by atoms with van der Waals surface area (Å²) in [5.74, 6) is 0.773. The van der Waals surface area contributed by atoms with Crippen LogP contribution in [0.25, 0.3) is 0 Å². The zero-order chi connectivity index (χ0) is 15.9. The third kappa shape index (κ3) is 4.79. The number of benzene rings is 2. The predicted molar refractivity (Wildman–Crippen MR) is 89.4 cm³/mol. The number of hydrogen-bond acceptors (Lipinski definition) is 4. The lowest BCUT2D eigenvalue weighted by Gasteiger charge is -2.16. The Kier molecular flexibility index (Phi) is 5.64. The lowest BCUT2D eigenvalue weighted by molar-refractivity contribution is 0.160. The molecule has 0 aliphatic carbocycles. The van der Waals surface area contributed by atoms with E-state index >= 15 is 0 Å². The van der Waals surface area contributed by atoms with Gasteiger partial charge in [0, 0.05) is 19.2 Å². The summed E-state index contributed by atoms with van der Waals surface area (Å²) in [5.41, 5.74) is 1.99. The summed E-state index contributed by atoms with van der Waals surface area (Å²) >= 11 is 0. The van der Waals surface area contributed by atoms with Gasteiger partial charge in [-0.25, -0.2) is 0 Å². The predicted octanol–water partition coefficient (Wildman–Crippen LogP) is 2.68. The summed E-state index contributed by atoms with van der Waals surface area (Å²) in [5, 5.41) is 13.7. The topological polar surface area (TPSA) is 50.7 Å². The molecule has 1 saturated heterocycles. The Morgan fingerprint density at radius 2 is 2.04 bits per heavy atom. The Labute approximate surface area is 137 Å². The highest BCUT2D eigenvalue weighted by Gasteiger charge is 2.17. The van der Waals surface area contributed by atoms with Gasteiger partial charge in [0.15, 0.2) is 0 Å². The van der Waals surface area contributed by atoms with Crippen molar-refractivity contribution in [3.05, 3.63) is 65.7 Å². The Morgan fingerprint density at radius 1 is 1.17 bits per heavy atom. The minimum atomic E-state index is -0.545. The largest absolute Gasteiger partial charge is 0.489 e. The van der Waals surface area contributed by atoms with Crippen LogP contribution in [-0.2, 0) is 11.3 Å². The maximum atomic E-state index is 10.3. The van der Waals surface area contributed by atoms with E-state index in [9.17, 15) is 5.11 Å². The minimum absolute atomic E-state index is 0.349. The SMILES string of the molecule is OC(CNC1CCOC1)c1cccc(OCc2ccccc2)c1. The molecule has 2 unspecified atom stereocenters. The van der Waals surface area contributed by atoms with Gasteiger partial charge in [-0.2, -0.15) is 0 Å². The first-order chi connectivity index (χ1) is 11.3. The van der Waals surface area contributed by atoms with Crippen LogP contribution in [0.15, 0.2) is 54.6 Å². The summed E-state index contributed by atoms with van der Waals surface area (Å²) in [7, 11) is 0. The van der Waals surface area contributed by atoms with Crippen LogP contribution in [0.5, 0.6) is 5.75 Å². The van der Waals surface area contributed by atoms with E-state index in [4.69, 9.17) is 9.47 Å². The van der Waals surface area contributed by atoms with Gasteiger partial charge in [0.25, 0.3) is 0 Å². The van der Waals surface area contributed by atoms with E-state index < -0.39 is 6.10 Å². The lowest BCUT2D eigenvalue weighted by Crippen LogP contribution is -2.32. The smallest absolute Gasteiger partial charge is 0.120 e. The third-order valence-electron chi connectivity index (χ3n) is 4.02. The zero-order valence-corrected chi connectivity index (χ0v) is 13.2. The first-order valence-corrected chi connectivity index (χ1v) is 8.07. The molecular formula is C19H23NO3. The van der Waals surface area contributed by atoms with E-state index in [0.717, 1.165) is 36.5 Å². The maximum absolute atomic E-state index is 10.3. The lowest BCUT2D eigenvalue weighted by atomic mass is 10.1. The molecule has 2 N–H and O–H groups in total. The van der Waals surface area contributed by atoms with E-state index in [1.807, 2.05) is 54.6 Å². The Hall–Kier alpha value is -1.88. The second-order valence-corrected chi connectivity index (χ2v) is 5.83. The van der Waals surface area contributed by atoms with Crippen molar-refractivity contribution in [1.29, 1.82) is 0 Å².